The molecule has 8 heteroatoms. The van der Waals surface area contributed by atoms with Gasteiger partial charge in [0.1, 0.15) is 15.8 Å². The number of ether oxygens (including phenoxy) is 1. The zero-order valence-corrected chi connectivity index (χ0v) is 18.6. The summed E-state index contributed by atoms with van der Waals surface area (Å²) in [5, 5.41) is 11.8. The summed E-state index contributed by atoms with van der Waals surface area (Å²) in [6, 6.07) is 6.34. The molecule has 29 heavy (non-hydrogen) atoms. The van der Waals surface area contributed by atoms with Gasteiger partial charge in [0.05, 0.1) is 17.3 Å². The molecule has 6 nitrogen and oxygen atoms in total. The number of carbonyl (C=O) groups excluding carboxylic acids is 1. The lowest BCUT2D eigenvalue weighted by Gasteiger charge is -2.13. The van der Waals surface area contributed by atoms with Gasteiger partial charge in [0, 0.05) is 42.1 Å². The molecule has 4 rings (SSSR count). The molecule has 1 aliphatic heterocycles. The molecular weight excluding hydrogens is 404 g/mol. The Bertz CT molecular complexity index is 1030. The largest absolute Gasteiger partial charge is 0.497 e. The lowest BCUT2D eigenvalue weighted by atomic mass is 10.0. The van der Waals surface area contributed by atoms with Crippen LogP contribution in [0, 0.1) is 0 Å². The molecule has 2 aromatic heterocycles. The fourth-order valence-corrected chi connectivity index (χ4v) is 5.78. The van der Waals surface area contributed by atoms with E-state index in [2.05, 4.69) is 29.8 Å². The Morgan fingerprint density at radius 1 is 1.34 bits per heavy atom. The van der Waals surface area contributed by atoms with Crippen LogP contribution in [0.5, 0.6) is 5.75 Å². The van der Waals surface area contributed by atoms with Gasteiger partial charge in [-0.05, 0) is 30.7 Å². The Balaban J connectivity index is 1.66. The third-order valence-corrected chi connectivity index (χ3v) is 7.10. The summed E-state index contributed by atoms with van der Waals surface area (Å²) in [7, 11) is 1.67. The molecular formula is C21H26N4O2S2. The van der Waals surface area contributed by atoms with Gasteiger partial charge in [-0.1, -0.05) is 13.8 Å². The Morgan fingerprint density at radius 2 is 2.21 bits per heavy atom. The van der Waals surface area contributed by atoms with Crippen molar-refractivity contribution >= 4 is 43.8 Å². The van der Waals surface area contributed by atoms with E-state index in [0.717, 1.165) is 51.0 Å². The average molecular weight is 431 g/mol. The van der Waals surface area contributed by atoms with Crippen LogP contribution < -0.4 is 20.7 Å². The Morgan fingerprint density at radius 3 is 3.00 bits per heavy atom. The second-order valence-electron chi connectivity index (χ2n) is 7.39. The molecule has 0 fully saturated rings. The van der Waals surface area contributed by atoms with Crippen LogP contribution in [0.1, 0.15) is 30.7 Å². The highest BCUT2D eigenvalue weighted by Gasteiger charge is 2.25. The minimum Gasteiger partial charge on any atom is -0.497 e. The highest BCUT2D eigenvalue weighted by atomic mass is 32.1. The summed E-state index contributed by atoms with van der Waals surface area (Å²) in [5.41, 5.74) is 3.34. The predicted octanol–water partition coefficient (Wildman–Crippen LogP) is 4.01. The Hall–Kier alpha value is -2.00. The van der Waals surface area contributed by atoms with Crippen molar-refractivity contribution in [2.24, 2.45) is 0 Å². The number of methoxy groups -OCH3 is 1. The fourth-order valence-electron chi connectivity index (χ4n) is 3.45. The van der Waals surface area contributed by atoms with Crippen molar-refractivity contribution in [3.05, 3.63) is 28.6 Å². The summed E-state index contributed by atoms with van der Waals surface area (Å²) in [4.78, 5) is 18.7. The number of anilines is 1. The lowest BCUT2D eigenvalue weighted by molar-refractivity contribution is -0.116. The highest BCUT2D eigenvalue weighted by Crippen LogP contribution is 2.45. The number of nitrogens with zero attached hydrogens (tertiary/aromatic N) is 1. The number of hydrogen-bond acceptors (Lipinski definition) is 7. The van der Waals surface area contributed by atoms with Crippen LogP contribution in [0.3, 0.4) is 0 Å². The first-order chi connectivity index (χ1) is 14.0. The van der Waals surface area contributed by atoms with Gasteiger partial charge in [0.2, 0.25) is 5.91 Å². The first-order valence-corrected chi connectivity index (χ1v) is 11.5. The van der Waals surface area contributed by atoms with Crippen molar-refractivity contribution in [3.63, 3.8) is 0 Å². The van der Waals surface area contributed by atoms with Gasteiger partial charge in [-0.15, -0.1) is 22.7 Å². The van der Waals surface area contributed by atoms with Crippen LogP contribution in [0.15, 0.2) is 18.2 Å². The normalized spacial score (nSPS) is 13.7. The average Bonchev–Trinajstić information content (AvgIpc) is 3.27. The molecule has 1 aromatic carbocycles. The quantitative estimate of drug-likeness (QED) is 0.528. The Kier molecular flexibility index (Phi) is 6.15. The number of amides is 1. The second kappa shape index (κ2) is 8.79. The molecule has 0 radical (unpaired) electrons. The van der Waals surface area contributed by atoms with Crippen LogP contribution in [-0.2, 0) is 17.8 Å². The summed E-state index contributed by atoms with van der Waals surface area (Å²) in [6.07, 6.45) is 1.40. The molecule has 0 bridgehead atoms. The maximum atomic E-state index is 12.6. The van der Waals surface area contributed by atoms with Crippen molar-refractivity contribution in [1.29, 1.82) is 0 Å². The molecule has 0 saturated carbocycles. The Labute approximate surface area is 178 Å². The number of hydrogen-bond donors (Lipinski definition) is 3. The number of rotatable bonds is 7. The number of benzene rings is 1. The zero-order chi connectivity index (χ0) is 20.4. The van der Waals surface area contributed by atoms with E-state index in [0.29, 0.717) is 19.0 Å². The van der Waals surface area contributed by atoms with E-state index in [-0.39, 0.29) is 5.91 Å². The standard InChI is InChI=1S/C21H26N4O2S2/c1-12(2)23-9-7-18(26)25-21-19(14-6-8-22-11-17(14)29-21)20-24-15-10-13(27-3)4-5-16(15)28-20/h4-5,10,12,22-23H,6-9,11H2,1-3H3,(H,25,26). The molecule has 0 atom stereocenters. The summed E-state index contributed by atoms with van der Waals surface area (Å²) in [5.74, 6) is 0.839. The number of fused-ring (bicyclic) bond motifs is 2. The second-order valence-corrected chi connectivity index (χ2v) is 9.53. The molecule has 0 aliphatic carbocycles. The SMILES string of the molecule is COc1ccc2sc(-c3c(NC(=O)CCNC(C)C)sc4c3CCNC4)nc2c1. The van der Waals surface area contributed by atoms with Gasteiger partial charge in [0.25, 0.3) is 0 Å². The highest BCUT2D eigenvalue weighted by molar-refractivity contribution is 7.23. The molecule has 0 spiro atoms. The lowest BCUT2D eigenvalue weighted by Crippen LogP contribution is -2.27. The molecule has 1 aliphatic rings. The van der Waals surface area contributed by atoms with Crippen LogP contribution in [0.25, 0.3) is 20.8 Å². The van der Waals surface area contributed by atoms with Gasteiger partial charge >= 0.3 is 0 Å². The zero-order valence-electron chi connectivity index (χ0n) is 16.9. The van der Waals surface area contributed by atoms with Gasteiger partial charge in [-0.3, -0.25) is 4.79 Å². The minimum absolute atomic E-state index is 0.0359. The molecule has 154 valence electrons. The molecule has 0 saturated heterocycles. The van der Waals surface area contributed by atoms with E-state index >= 15 is 0 Å². The molecule has 3 heterocycles. The van der Waals surface area contributed by atoms with E-state index in [1.807, 2.05) is 18.2 Å². The van der Waals surface area contributed by atoms with E-state index in [1.54, 1.807) is 29.8 Å². The smallest absolute Gasteiger partial charge is 0.226 e. The van der Waals surface area contributed by atoms with Crippen LogP contribution in [0.2, 0.25) is 0 Å². The van der Waals surface area contributed by atoms with Crippen molar-refractivity contribution < 1.29 is 9.53 Å². The molecule has 3 N–H and O–H groups in total. The number of aromatic nitrogens is 1. The number of nitrogens with one attached hydrogen (secondary N) is 3. The van der Waals surface area contributed by atoms with E-state index < -0.39 is 0 Å². The van der Waals surface area contributed by atoms with Crippen molar-refractivity contribution in [1.82, 2.24) is 15.6 Å². The topological polar surface area (TPSA) is 75.3 Å². The maximum Gasteiger partial charge on any atom is 0.226 e. The van der Waals surface area contributed by atoms with Gasteiger partial charge < -0.3 is 20.7 Å². The van der Waals surface area contributed by atoms with E-state index in [4.69, 9.17) is 9.72 Å². The van der Waals surface area contributed by atoms with Gasteiger partial charge in [-0.2, -0.15) is 0 Å². The third-order valence-electron chi connectivity index (χ3n) is 4.89. The maximum absolute atomic E-state index is 12.6. The van der Waals surface area contributed by atoms with E-state index in [9.17, 15) is 4.79 Å². The van der Waals surface area contributed by atoms with Crippen LogP contribution in [-0.4, -0.2) is 37.1 Å². The molecule has 1 amide bonds. The summed E-state index contributed by atoms with van der Waals surface area (Å²) in [6.45, 7) is 6.63. The monoisotopic (exact) mass is 430 g/mol. The fraction of sp³-hybridized carbons (Fsp3) is 0.429. The van der Waals surface area contributed by atoms with Crippen LogP contribution >= 0.6 is 22.7 Å². The van der Waals surface area contributed by atoms with Gasteiger partial charge in [-0.25, -0.2) is 4.98 Å². The predicted molar refractivity (Wildman–Crippen MR) is 121 cm³/mol. The number of carbonyl (C=O) groups is 1. The number of thiazole rings is 1. The first-order valence-electron chi connectivity index (χ1n) is 9.88. The van der Waals surface area contributed by atoms with Gasteiger partial charge in [0.15, 0.2) is 0 Å². The van der Waals surface area contributed by atoms with Crippen molar-refractivity contribution in [2.45, 2.75) is 39.3 Å². The first kappa shape index (κ1) is 20.3. The number of thiophene rings is 1. The minimum atomic E-state index is 0.0359. The summed E-state index contributed by atoms with van der Waals surface area (Å²) < 4.78 is 6.46. The van der Waals surface area contributed by atoms with E-state index in [1.165, 1.54) is 10.4 Å². The van der Waals surface area contributed by atoms with Crippen LogP contribution in [0.4, 0.5) is 5.00 Å². The molecule has 3 aromatic rings. The summed E-state index contributed by atoms with van der Waals surface area (Å²) >= 11 is 3.34. The van der Waals surface area contributed by atoms with Crippen molar-refractivity contribution in [3.8, 4) is 16.3 Å². The van der Waals surface area contributed by atoms with Crippen molar-refractivity contribution in [2.75, 3.05) is 25.5 Å². The molecule has 0 unspecified atom stereocenters. The third kappa shape index (κ3) is 4.45.